The highest BCUT2D eigenvalue weighted by Crippen LogP contribution is 2.31. The SMILES string of the molecule is CC(=O)N(CC(=O)NC1CC1)c1cccc(C(F)(F)F)c1. The Morgan fingerprint density at radius 1 is 1.33 bits per heavy atom. The van der Waals surface area contributed by atoms with Gasteiger partial charge in [-0.3, -0.25) is 9.59 Å². The van der Waals surface area contributed by atoms with E-state index >= 15 is 0 Å². The number of anilines is 1. The lowest BCUT2D eigenvalue weighted by Gasteiger charge is -2.21. The Kier molecular flexibility index (Phi) is 4.20. The second-order valence-electron chi connectivity index (χ2n) is 5.00. The maximum atomic E-state index is 12.7. The number of carbonyl (C=O) groups excluding carboxylic acids is 2. The van der Waals surface area contributed by atoms with Crippen LogP contribution >= 0.6 is 0 Å². The number of alkyl halides is 3. The molecule has 0 spiro atoms. The number of carbonyl (C=O) groups is 2. The Bertz CT molecular complexity index is 553. The minimum Gasteiger partial charge on any atom is -0.352 e. The van der Waals surface area contributed by atoms with Gasteiger partial charge in [-0.25, -0.2) is 0 Å². The van der Waals surface area contributed by atoms with E-state index in [1.807, 2.05) is 0 Å². The highest BCUT2D eigenvalue weighted by molar-refractivity contribution is 5.97. The van der Waals surface area contributed by atoms with Crippen molar-refractivity contribution in [3.8, 4) is 0 Å². The summed E-state index contributed by atoms with van der Waals surface area (Å²) in [6, 6.07) is 4.51. The molecule has 0 atom stereocenters. The van der Waals surface area contributed by atoms with Crippen molar-refractivity contribution >= 4 is 17.5 Å². The van der Waals surface area contributed by atoms with Crippen LogP contribution < -0.4 is 10.2 Å². The highest BCUT2D eigenvalue weighted by Gasteiger charge is 2.31. The maximum Gasteiger partial charge on any atom is 0.416 e. The van der Waals surface area contributed by atoms with E-state index < -0.39 is 17.6 Å². The lowest BCUT2D eigenvalue weighted by Crippen LogP contribution is -2.40. The normalized spacial score (nSPS) is 14.7. The number of halogens is 3. The molecule has 1 N–H and O–H groups in total. The van der Waals surface area contributed by atoms with E-state index in [-0.39, 0.29) is 24.2 Å². The van der Waals surface area contributed by atoms with Gasteiger partial charge in [-0.15, -0.1) is 0 Å². The van der Waals surface area contributed by atoms with Crippen LogP contribution in [0.2, 0.25) is 0 Å². The lowest BCUT2D eigenvalue weighted by molar-refractivity contribution is -0.137. The van der Waals surface area contributed by atoms with Crippen LogP contribution in [-0.4, -0.2) is 24.4 Å². The first-order valence-corrected chi connectivity index (χ1v) is 6.52. The van der Waals surface area contributed by atoms with Crippen LogP contribution in [0.1, 0.15) is 25.3 Å². The third-order valence-electron chi connectivity index (χ3n) is 3.11. The fraction of sp³-hybridized carbons (Fsp3) is 0.429. The molecule has 1 aliphatic carbocycles. The number of amides is 2. The number of hydrogen-bond donors (Lipinski definition) is 1. The Labute approximate surface area is 119 Å². The topological polar surface area (TPSA) is 49.4 Å². The Morgan fingerprint density at radius 3 is 2.52 bits per heavy atom. The monoisotopic (exact) mass is 300 g/mol. The molecule has 0 aromatic heterocycles. The Hall–Kier alpha value is -2.05. The average Bonchev–Trinajstić information content (AvgIpc) is 3.18. The van der Waals surface area contributed by atoms with Crippen molar-refractivity contribution in [3.63, 3.8) is 0 Å². The van der Waals surface area contributed by atoms with Gasteiger partial charge in [0.05, 0.1) is 5.56 Å². The summed E-state index contributed by atoms with van der Waals surface area (Å²) in [6.07, 6.45) is -2.69. The smallest absolute Gasteiger partial charge is 0.352 e. The van der Waals surface area contributed by atoms with E-state index in [1.54, 1.807) is 0 Å². The second kappa shape index (κ2) is 5.75. The van der Waals surface area contributed by atoms with Crippen LogP contribution in [0.3, 0.4) is 0 Å². The minimum atomic E-state index is -4.49. The molecule has 0 saturated heterocycles. The van der Waals surface area contributed by atoms with Gasteiger partial charge in [-0.2, -0.15) is 13.2 Å². The fourth-order valence-corrected chi connectivity index (χ4v) is 1.88. The quantitative estimate of drug-likeness (QED) is 0.928. The zero-order chi connectivity index (χ0) is 15.6. The lowest BCUT2D eigenvalue weighted by atomic mass is 10.1. The molecule has 21 heavy (non-hydrogen) atoms. The second-order valence-corrected chi connectivity index (χ2v) is 5.00. The average molecular weight is 300 g/mol. The van der Waals surface area contributed by atoms with Crippen LogP contribution in [0.15, 0.2) is 24.3 Å². The highest BCUT2D eigenvalue weighted by atomic mass is 19.4. The van der Waals surface area contributed by atoms with Crippen molar-refractivity contribution in [3.05, 3.63) is 29.8 Å². The predicted octanol–water partition coefficient (Wildman–Crippen LogP) is 2.34. The molecule has 0 radical (unpaired) electrons. The Morgan fingerprint density at radius 2 is 2.00 bits per heavy atom. The van der Waals surface area contributed by atoms with Crippen molar-refractivity contribution in [2.75, 3.05) is 11.4 Å². The van der Waals surface area contributed by atoms with Crippen molar-refractivity contribution in [1.82, 2.24) is 5.32 Å². The van der Waals surface area contributed by atoms with Gasteiger partial charge >= 0.3 is 6.18 Å². The van der Waals surface area contributed by atoms with Crippen molar-refractivity contribution in [1.29, 1.82) is 0 Å². The molecule has 1 saturated carbocycles. The molecule has 4 nitrogen and oxygen atoms in total. The summed E-state index contributed by atoms with van der Waals surface area (Å²) in [7, 11) is 0. The Balaban J connectivity index is 2.17. The summed E-state index contributed by atoms with van der Waals surface area (Å²) in [5.41, 5.74) is -0.794. The first kappa shape index (κ1) is 15.3. The molecule has 0 unspecified atom stereocenters. The number of rotatable bonds is 4. The molecule has 1 aliphatic rings. The van der Waals surface area contributed by atoms with Gasteiger partial charge in [0.25, 0.3) is 0 Å². The summed E-state index contributed by atoms with van der Waals surface area (Å²) in [5, 5.41) is 2.70. The third kappa shape index (κ3) is 4.21. The number of nitrogens with zero attached hydrogens (tertiary/aromatic N) is 1. The molecule has 2 amide bonds. The van der Waals surface area contributed by atoms with Gasteiger partial charge in [-0.1, -0.05) is 6.07 Å². The van der Waals surface area contributed by atoms with Crippen LogP contribution in [0.5, 0.6) is 0 Å². The summed E-state index contributed by atoms with van der Waals surface area (Å²) in [5.74, 6) is -0.856. The summed E-state index contributed by atoms with van der Waals surface area (Å²) < 4.78 is 38.1. The minimum absolute atomic E-state index is 0.0586. The van der Waals surface area contributed by atoms with Crippen molar-refractivity contribution < 1.29 is 22.8 Å². The first-order chi connectivity index (χ1) is 9.77. The molecule has 0 aliphatic heterocycles. The first-order valence-electron chi connectivity index (χ1n) is 6.52. The largest absolute Gasteiger partial charge is 0.416 e. The van der Waals surface area contributed by atoms with E-state index in [0.717, 1.165) is 29.9 Å². The van der Waals surface area contributed by atoms with Crippen molar-refractivity contribution in [2.24, 2.45) is 0 Å². The van der Waals surface area contributed by atoms with Gasteiger partial charge in [0.1, 0.15) is 6.54 Å². The van der Waals surface area contributed by atoms with Crippen LogP contribution in [-0.2, 0) is 15.8 Å². The van der Waals surface area contributed by atoms with E-state index in [1.165, 1.54) is 19.1 Å². The van der Waals surface area contributed by atoms with Gasteiger partial charge < -0.3 is 10.2 Å². The van der Waals surface area contributed by atoms with Gasteiger partial charge in [-0.05, 0) is 31.0 Å². The van der Waals surface area contributed by atoms with E-state index in [9.17, 15) is 22.8 Å². The molecule has 1 aromatic rings. The summed E-state index contributed by atoms with van der Waals surface area (Å²) in [4.78, 5) is 24.4. The molecular formula is C14H15F3N2O2. The van der Waals surface area contributed by atoms with Crippen LogP contribution in [0, 0.1) is 0 Å². The van der Waals surface area contributed by atoms with E-state index in [4.69, 9.17) is 0 Å². The molecule has 7 heteroatoms. The summed E-state index contributed by atoms with van der Waals surface area (Å²) >= 11 is 0. The molecule has 1 aromatic carbocycles. The van der Waals surface area contributed by atoms with Gasteiger partial charge in [0.15, 0.2) is 0 Å². The molecule has 114 valence electrons. The summed E-state index contributed by atoms with van der Waals surface area (Å²) in [6.45, 7) is 0.928. The molecule has 0 bridgehead atoms. The molecule has 0 heterocycles. The standard InChI is InChI=1S/C14H15F3N2O2/c1-9(20)19(8-13(21)18-11-5-6-11)12-4-2-3-10(7-12)14(15,16)17/h2-4,7,11H,5-6,8H2,1H3,(H,18,21). The zero-order valence-electron chi connectivity index (χ0n) is 11.4. The maximum absolute atomic E-state index is 12.7. The molecular weight excluding hydrogens is 285 g/mol. The number of nitrogens with one attached hydrogen (secondary N) is 1. The van der Waals surface area contributed by atoms with Gasteiger partial charge in [0, 0.05) is 18.7 Å². The van der Waals surface area contributed by atoms with Crippen LogP contribution in [0.4, 0.5) is 18.9 Å². The fourth-order valence-electron chi connectivity index (χ4n) is 1.88. The third-order valence-corrected chi connectivity index (χ3v) is 3.11. The predicted molar refractivity (Wildman–Crippen MR) is 70.6 cm³/mol. The number of hydrogen-bond acceptors (Lipinski definition) is 2. The van der Waals surface area contributed by atoms with Crippen LogP contribution in [0.25, 0.3) is 0 Å². The zero-order valence-corrected chi connectivity index (χ0v) is 11.4. The number of benzene rings is 1. The van der Waals surface area contributed by atoms with E-state index in [0.29, 0.717) is 0 Å². The van der Waals surface area contributed by atoms with Gasteiger partial charge in [0.2, 0.25) is 11.8 Å². The van der Waals surface area contributed by atoms with E-state index in [2.05, 4.69) is 5.32 Å². The van der Waals surface area contributed by atoms with Crippen molar-refractivity contribution in [2.45, 2.75) is 32.0 Å². The molecule has 2 rings (SSSR count). The molecule has 1 fully saturated rings.